The predicted molar refractivity (Wildman–Crippen MR) is 47.7 cm³/mol. The fourth-order valence-corrected chi connectivity index (χ4v) is 1.85. The van der Waals surface area contributed by atoms with E-state index in [0.29, 0.717) is 6.42 Å². The molecular formula is C8H17N3O. The van der Waals surface area contributed by atoms with Gasteiger partial charge in [-0.25, -0.2) is 0 Å². The molecule has 0 aromatic carbocycles. The highest BCUT2D eigenvalue weighted by atomic mass is 16.1. The number of rotatable bonds is 3. The Morgan fingerprint density at radius 3 is 2.75 bits per heavy atom. The van der Waals surface area contributed by atoms with Crippen LogP contribution in [-0.2, 0) is 4.79 Å². The number of likely N-dealkylation sites (tertiary alicyclic amines) is 1. The number of nitrogens with two attached hydrogens (primary N) is 1. The summed E-state index contributed by atoms with van der Waals surface area (Å²) in [6.45, 7) is 1.94. The van der Waals surface area contributed by atoms with Crippen LogP contribution in [0.4, 0.5) is 0 Å². The molecular weight excluding hydrogens is 154 g/mol. The van der Waals surface area contributed by atoms with E-state index in [2.05, 4.69) is 17.3 Å². The molecule has 0 saturated carbocycles. The van der Waals surface area contributed by atoms with Crippen LogP contribution < -0.4 is 11.1 Å². The first-order chi connectivity index (χ1) is 5.58. The molecule has 1 amide bonds. The third-order valence-electron chi connectivity index (χ3n) is 2.59. The van der Waals surface area contributed by atoms with E-state index in [1.807, 2.05) is 7.05 Å². The molecule has 1 rings (SSSR count). The monoisotopic (exact) mass is 171 g/mol. The van der Waals surface area contributed by atoms with Gasteiger partial charge in [0.2, 0.25) is 5.91 Å². The zero-order valence-corrected chi connectivity index (χ0v) is 7.76. The Hall–Kier alpha value is -0.610. The van der Waals surface area contributed by atoms with Gasteiger partial charge in [-0.3, -0.25) is 4.79 Å². The molecule has 0 aromatic heterocycles. The first-order valence-electron chi connectivity index (χ1n) is 4.24. The Bertz CT molecular complexity index is 183. The van der Waals surface area contributed by atoms with Crippen LogP contribution in [0, 0.1) is 0 Å². The van der Waals surface area contributed by atoms with E-state index in [4.69, 9.17) is 5.73 Å². The lowest BCUT2D eigenvalue weighted by atomic mass is 9.94. The summed E-state index contributed by atoms with van der Waals surface area (Å²) in [5.74, 6) is -0.223. The number of hydrogen-bond donors (Lipinski definition) is 2. The van der Waals surface area contributed by atoms with Crippen molar-refractivity contribution >= 4 is 5.91 Å². The van der Waals surface area contributed by atoms with E-state index in [-0.39, 0.29) is 11.4 Å². The number of nitrogens with one attached hydrogen (secondary N) is 1. The molecule has 1 saturated heterocycles. The predicted octanol–water partition coefficient (Wildman–Crippen LogP) is -0.844. The maximum Gasteiger partial charge on any atom is 0.219 e. The quantitative estimate of drug-likeness (QED) is 0.582. The van der Waals surface area contributed by atoms with Crippen molar-refractivity contribution < 1.29 is 4.79 Å². The van der Waals surface area contributed by atoms with E-state index >= 15 is 0 Å². The standard InChI is InChI=1S/C8H17N3O/c1-10-8(5-7(9)12)3-4-11(2)6-8/h10H,3-6H2,1-2H3,(H2,9,12). The van der Waals surface area contributed by atoms with E-state index in [1.54, 1.807) is 0 Å². The SMILES string of the molecule is CNC1(CC(N)=O)CCN(C)C1. The van der Waals surface area contributed by atoms with E-state index in [0.717, 1.165) is 19.5 Å². The van der Waals surface area contributed by atoms with Crippen molar-refractivity contribution in [1.82, 2.24) is 10.2 Å². The van der Waals surface area contributed by atoms with Gasteiger partial charge < -0.3 is 16.0 Å². The zero-order valence-electron chi connectivity index (χ0n) is 7.76. The van der Waals surface area contributed by atoms with Gasteiger partial charge in [-0.2, -0.15) is 0 Å². The summed E-state index contributed by atoms with van der Waals surface area (Å²) in [6, 6.07) is 0. The van der Waals surface area contributed by atoms with Crippen molar-refractivity contribution in [3.8, 4) is 0 Å². The molecule has 3 N–H and O–H groups in total. The van der Waals surface area contributed by atoms with Crippen LogP contribution in [0.2, 0.25) is 0 Å². The summed E-state index contributed by atoms with van der Waals surface area (Å²) in [7, 11) is 3.95. The lowest BCUT2D eigenvalue weighted by Gasteiger charge is -2.26. The van der Waals surface area contributed by atoms with Crippen LogP contribution in [0.25, 0.3) is 0 Å². The summed E-state index contributed by atoms with van der Waals surface area (Å²) in [5, 5.41) is 3.20. The maximum atomic E-state index is 10.8. The van der Waals surface area contributed by atoms with Gasteiger partial charge >= 0.3 is 0 Å². The largest absolute Gasteiger partial charge is 0.370 e. The summed E-state index contributed by atoms with van der Waals surface area (Å²) in [4.78, 5) is 13.0. The van der Waals surface area contributed by atoms with Crippen molar-refractivity contribution in [1.29, 1.82) is 0 Å². The lowest BCUT2D eigenvalue weighted by molar-refractivity contribution is -0.119. The van der Waals surface area contributed by atoms with E-state index < -0.39 is 0 Å². The molecule has 1 unspecified atom stereocenters. The molecule has 1 fully saturated rings. The highest BCUT2D eigenvalue weighted by molar-refractivity contribution is 5.75. The number of carbonyl (C=O) groups excluding carboxylic acids is 1. The second kappa shape index (κ2) is 3.41. The van der Waals surface area contributed by atoms with Gasteiger partial charge in [-0.05, 0) is 27.1 Å². The first kappa shape index (κ1) is 9.48. The second-order valence-electron chi connectivity index (χ2n) is 3.66. The smallest absolute Gasteiger partial charge is 0.219 e. The summed E-state index contributed by atoms with van der Waals surface area (Å²) >= 11 is 0. The topological polar surface area (TPSA) is 58.4 Å². The number of amides is 1. The van der Waals surface area contributed by atoms with Crippen molar-refractivity contribution in [2.24, 2.45) is 5.73 Å². The molecule has 12 heavy (non-hydrogen) atoms. The van der Waals surface area contributed by atoms with Crippen LogP contribution >= 0.6 is 0 Å². The molecule has 0 spiro atoms. The Morgan fingerprint density at radius 1 is 1.75 bits per heavy atom. The molecule has 1 atom stereocenters. The molecule has 0 radical (unpaired) electrons. The number of primary amides is 1. The Morgan fingerprint density at radius 2 is 2.42 bits per heavy atom. The second-order valence-corrected chi connectivity index (χ2v) is 3.66. The van der Waals surface area contributed by atoms with Gasteiger partial charge in [0.25, 0.3) is 0 Å². The molecule has 0 aliphatic carbocycles. The van der Waals surface area contributed by atoms with Crippen molar-refractivity contribution in [2.45, 2.75) is 18.4 Å². The third-order valence-corrected chi connectivity index (χ3v) is 2.59. The molecule has 1 aliphatic rings. The van der Waals surface area contributed by atoms with Crippen molar-refractivity contribution in [3.05, 3.63) is 0 Å². The molecule has 4 heteroatoms. The molecule has 0 aromatic rings. The average Bonchev–Trinajstić information content (AvgIpc) is 2.32. The van der Waals surface area contributed by atoms with Crippen molar-refractivity contribution in [2.75, 3.05) is 27.2 Å². The number of likely N-dealkylation sites (N-methyl/N-ethyl adjacent to an activating group) is 2. The Labute approximate surface area is 73.1 Å². The van der Waals surface area contributed by atoms with E-state index in [9.17, 15) is 4.79 Å². The normalized spacial score (nSPS) is 30.8. The van der Waals surface area contributed by atoms with Gasteiger partial charge in [0.05, 0.1) is 0 Å². The summed E-state index contributed by atoms with van der Waals surface area (Å²) < 4.78 is 0. The van der Waals surface area contributed by atoms with Crippen molar-refractivity contribution in [3.63, 3.8) is 0 Å². The molecule has 1 heterocycles. The minimum Gasteiger partial charge on any atom is -0.370 e. The maximum absolute atomic E-state index is 10.8. The minimum absolute atomic E-state index is 0.0689. The van der Waals surface area contributed by atoms with Gasteiger partial charge in [0.1, 0.15) is 0 Å². The summed E-state index contributed by atoms with van der Waals surface area (Å²) in [5.41, 5.74) is 5.11. The number of carbonyl (C=O) groups is 1. The molecule has 0 bridgehead atoms. The fraction of sp³-hybridized carbons (Fsp3) is 0.875. The van der Waals surface area contributed by atoms with Crippen LogP contribution in [0.3, 0.4) is 0 Å². The number of hydrogen-bond acceptors (Lipinski definition) is 3. The molecule has 4 nitrogen and oxygen atoms in total. The molecule has 1 aliphatic heterocycles. The van der Waals surface area contributed by atoms with Crippen LogP contribution in [0.15, 0.2) is 0 Å². The van der Waals surface area contributed by atoms with Crippen LogP contribution in [0.5, 0.6) is 0 Å². The summed E-state index contributed by atoms with van der Waals surface area (Å²) in [6.07, 6.45) is 1.44. The van der Waals surface area contributed by atoms with Gasteiger partial charge in [0.15, 0.2) is 0 Å². The van der Waals surface area contributed by atoms with Gasteiger partial charge in [0, 0.05) is 18.5 Å². The first-order valence-corrected chi connectivity index (χ1v) is 4.24. The highest BCUT2D eigenvalue weighted by Gasteiger charge is 2.36. The van der Waals surface area contributed by atoms with Crippen LogP contribution in [-0.4, -0.2) is 43.5 Å². The third kappa shape index (κ3) is 1.95. The van der Waals surface area contributed by atoms with Gasteiger partial charge in [-0.15, -0.1) is 0 Å². The minimum atomic E-state index is -0.223. The average molecular weight is 171 g/mol. The van der Waals surface area contributed by atoms with E-state index in [1.165, 1.54) is 0 Å². The zero-order chi connectivity index (χ0) is 9.19. The fourth-order valence-electron chi connectivity index (χ4n) is 1.85. The Kier molecular flexibility index (Phi) is 2.69. The highest BCUT2D eigenvalue weighted by Crippen LogP contribution is 2.22. The Balaban J connectivity index is 2.58. The lowest BCUT2D eigenvalue weighted by Crippen LogP contribution is -2.47. The van der Waals surface area contributed by atoms with Gasteiger partial charge in [-0.1, -0.05) is 0 Å². The van der Waals surface area contributed by atoms with Crippen LogP contribution in [0.1, 0.15) is 12.8 Å². The number of nitrogens with zero attached hydrogens (tertiary/aromatic N) is 1. The molecule has 70 valence electrons.